The molecule has 3 aromatic rings. The highest BCUT2D eigenvalue weighted by molar-refractivity contribution is 7.92. The zero-order valence-corrected chi connectivity index (χ0v) is 19.4. The van der Waals surface area contributed by atoms with Gasteiger partial charge in [0.2, 0.25) is 5.91 Å². The molecule has 1 heterocycles. The van der Waals surface area contributed by atoms with Crippen molar-refractivity contribution >= 4 is 66.4 Å². The van der Waals surface area contributed by atoms with Crippen molar-refractivity contribution in [3.05, 3.63) is 53.3 Å². The average molecular weight is 492 g/mol. The molecule has 0 aliphatic rings. The lowest BCUT2D eigenvalue weighted by Gasteiger charge is -2.22. The number of likely N-dealkylation sites (N-methyl/N-ethyl adjacent to an activating group) is 1. The van der Waals surface area contributed by atoms with Gasteiger partial charge in [-0.2, -0.15) is 0 Å². The monoisotopic (exact) mass is 491 g/mol. The number of hydrogen-bond acceptors (Lipinski definition) is 6. The Balaban J connectivity index is 0.00000320. The molecule has 2 aromatic carbocycles. The molecule has 0 N–H and O–H groups in total. The van der Waals surface area contributed by atoms with Crippen molar-refractivity contribution in [1.29, 1.82) is 0 Å². The Morgan fingerprint density at radius 1 is 1.13 bits per heavy atom. The number of rotatable bonds is 7. The summed E-state index contributed by atoms with van der Waals surface area (Å²) in [7, 11) is -0.155. The molecule has 0 aliphatic carbocycles. The predicted molar refractivity (Wildman–Crippen MR) is 121 cm³/mol. The molecule has 1 aromatic heterocycles. The molecule has 0 bridgehead atoms. The van der Waals surface area contributed by atoms with Gasteiger partial charge in [-0.25, -0.2) is 17.8 Å². The van der Waals surface area contributed by atoms with Crippen molar-refractivity contribution in [2.45, 2.75) is 4.90 Å². The first-order valence-corrected chi connectivity index (χ1v) is 11.5. The fourth-order valence-electron chi connectivity index (χ4n) is 2.59. The third kappa shape index (κ3) is 5.89. The highest BCUT2D eigenvalue weighted by Crippen LogP contribution is 2.30. The maximum absolute atomic E-state index is 13.5. The predicted octanol–water partition coefficient (Wildman–Crippen LogP) is 3.88. The van der Waals surface area contributed by atoms with Gasteiger partial charge in [0.05, 0.1) is 15.1 Å². The maximum Gasteiger partial charge on any atom is 0.244 e. The van der Waals surface area contributed by atoms with Crippen molar-refractivity contribution in [1.82, 2.24) is 9.88 Å². The molecule has 0 radical (unpaired) electrons. The SMILES string of the molecule is CN(C)CCN(C(=O)CS(=O)(=O)c1ccc(Cl)cc1)c1nc2ccc(F)cc2s1.Cl. The Hall–Kier alpha value is -1.78. The third-order valence-corrected chi connectivity index (χ3v) is 7.04. The highest BCUT2D eigenvalue weighted by atomic mass is 35.5. The molecule has 6 nitrogen and oxygen atoms in total. The number of thiazole rings is 1. The van der Waals surface area contributed by atoms with Crippen LogP contribution < -0.4 is 4.90 Å². The van der Waals surface area contributed by atoms with Crippen molar-refractivity contribution in [3.63, 3.8) is 0 Å². The van der Waals surface area contributed by atoms with Gasteiger partial charge >= 0.3 is 0 Å². The Morgan fingerprint density at radius 3 is 2.43 bits per heavy atom. The summed E-state index contributed by atoms with van der Waals surface area (Å²) in [4.78, 5) is 20.6. The van der Waals surface area contributed by atoms with Crippen molar-refractivity contribution in [2.24, 2.45) is 0 Å². The summed E-state index contributed by atoms with van der Waals surface area (Å²) in [6.07, 6.45) is 0. The maximum atomic E-state index is 13.5. The van der Waals surface area contributed by atoms with E-state index in [0.29, 0.717) is 26.9 Å². The highest BCUT2D eigenvalue weighted by Gasteiger charge is 2.26. The van der Waals surface area contributed by atoms with Crippen LogP contribution in [0.4, 0.5) is 9.52 Å². The summed E-state index contributed by atoms with van der Waals surface area (Å²) in [6, 6.07) is 9.84. The van der Waals surface area contributed by atoms with Gasteiger partial charge in [-0.15, -0.1) is 12.4 Å². The number of sulfone groups is 1. The van der Waals surface area contributed by atoms with E-state index in [-0.39, 0.29) is 23.8 Å². The fourth-order valence-corrected chi connectivity index (χ4v) is 4.95. The number of carbonyl (C=O) groups is 1. The number of benzene rings is 2. The van der Waals surface area contributed by atoms with Crippen LogP contribution in [0.25, 0.3) is 10.2 Å². The minimum absolute atomic E-state index is 0. The minimum Gasteiger partial charge on any atom is -0.308 e. The molecule has 0 spiro atoms. The zero-order chi connectivity index (χ0) is 21.2. The van der Waals surface area contributed by atoms with Crippen LogP contribution in [0.3, 0.4) is 0 Å². The van der Waals surface area contributed by atoms with E-state index in [1.807, 2.05) is 19.0 Å². The number of amides is 1. The average Bonchev–Trinajstić information content (AvgIpc) is 3.04. The van der Waals surface area contributed by atoms with E-state index in [0.717, 1.165) is 11.3 Å². The summed E-state index contributed by atoms with van der Waals surface area (Å²) in [5.74, 6) is -1.70. The van der Waals surface area contributed by atoms with Crippen molar-refractivity contribution < 1.29 is 17.6 Å². The summed E-state index contributed by atoms with van der Waals surface area (Å²) < 4.78 is 39.4. The normalized spacial score (nSPS) is 11.5. The standard InChI is InChI=1S/C19H19ClFN3O3S2.ClH/c1-23(2)9-10-24(19-22-16-8-5-14(21)11-17(16)28-19)18(25)12-29(26,27)15-6-3-13(20)4-7-15;/h3-8,11H,9-10,12H2,1-2H3;1H. The Kier molecular flexibility index (Phi) is 8.18. The molecule has 0 unspecified atom stereocenters. The largest absolute Gasteiger partial charge is 0.308 e. The number of nitrogens with zero attached hydrogens (tertiary/aromatic N) is 3. The van der Waals surface area contributed by atoms with Gasteiger partial charge in [0, 0.05) is 18.1 Å². The second-order valence-electron chi connectivity index (χ2n) is 6.67. The van der Waals surface area contributed by atoms with Gasteiger partial charge < -0.3 is 4.90 Å². The van der Waals surface area contributed by atoms with E-state index in [9.17, 15) is 17.6 Å². The van der Waals surface area contributed by atoms with Gasteiger partial charge in [-0.05, 0) is 56.6 Å². The molecule has 0 saturated carbocycles. The molecule has 11 heteroatoms. The van der Waals surface area contributed by atoms with E-state index in [1.54, 1.807) is 0 Å². The van der Waals surface area contributed by atoms with E-state index in [2.05, 4.69) is 4.98 Å². The molecule has 0 fully saturated rings. The summed E-state index contributed by atoms with van der Waals surface area (Å²) in [5.41, 5.74) is 0.551. The number of anilines is 1. The van der Waals surface area contributed by atoms with E-state index < -0.39 is 27.3 Å². The first kappa shape index (κ1) is 24.5. The first-order chi connectivity index (χ1) is 13.7. The van der Waals surface area contributed by atoms with Crippen LogP contribution in [0.2, 0.25) is 5.02 Å². The van der Waals surface area contributed by atoms with E-state index in [1.165, 1.54) is 47.4 Å². The van der Waals surface area contributed by atoms with Gasteiger partial charge in [0.15, 0.2) is 15.0 Å². The number of hydrogen-bond donors (Lipinski definition) is 0. The Morgan fingerprint density at radius 2 is 1.80 bits per heavy atom. The topological polar surface area (TPSA) is 70.6 Å². The van der Waals surface area contributed by atoms with Gasteiger partial charge in [0.1, 0.15) is 11.6 Å². The van der Waals surface area contributed by atoms with Crippen LogP contribution in [-0.4, -0.2) is 57.1 Å². The van der Waals surface area contributed by atoms with Crippen LogP contribution >= 0.6 is 35.3 Å². The van der Waals surface area contributed by atoms with Crippen LogP contribution in [0.1, 0.15) is 0 Å². The lowest BCUT2D eigenvalue weighted by atomic mass is 10.3. The molecule has 0 saturated heterocycles. The molecule has 0 atom stereocenters. The Labute approximate surface area is 189 Å². The molecular weight excluding hydrogens is 472 g/mol. The lowest BCUT2D eigenvalue weighted by Crippen LogP contribution is -2.40. The molecule has 30 heavy (non-hydrogen) atoms. The van der Waals surface area contributed by atoms with Crippen molar-refractivity contribution in [2.75, 3.05) is 37.8 Å². The van der Waals surface area contributed by atoms with Gasteiger partial charge in [0.25, 0.3) is 0 Å². The van der Waals surface area contributed by atoms with Crippen molar-refractivity contribution in [3.8, 4) is 0 Å². The molecule has 3 rings (SSSR count). The van der Waals surface area contributed by atoms with Crippen LogP contribution in [0.15, 0.2) is 47.4 Å². The second kappa shape index (κ2) is 10.0. The first-order valence-electron chi connectivity index (χ1n) is 8.65. The third-order valence-electron chi connectivity index (χ3n) is 4.13. The fraction of sp³-hybridized carbons (Fsp3) is 0.263. The molecule has 162 valence electrons. The molecule has 0 aliphatic heterocycles. The van der Waals surface area contributed by atoms with Gasteiger partial charge in [-0.3, -0.25) is 9.69 Å². The number of carbonyl (C=O) groups excluding carboxylic acids is 1. The minimum atomic E-state index is -3.85. The van der Waals surface area contributed by atoms with Crippen LogP contribution in [0.5, 0.6) is 0 Å². The second-order valence-corrected chi connectivity index (χ2v) is 10.1. The summed E-state index contributed by atoms with van der Waals surface area (Å²) in [5, 5.41) is 0.744. The quantitative estimate of drug-likeness (QED) is 0.501. The van der Waals surface area contributed by atoms with E-state index >= 15 is 0 Å². The lowest BCUT2D eigenvalue weighted by molar-refractivity contribution is -0.116. The Bertz CT molecular complexity index is 1140. The number of halogens is 3. The smallest absolute Gasteiger partial charge is 0.244 e. The number of aromatic nitrogens is 1. The molecular formula is C19H20Cl2FN3O3S2. The van der Waals surface area contributed by atoms with E-state index in [4.69, 9.17) is 11.6 Å². The zero-order valence-electron chi connectivity index (χ0n) is 16.2. The van der Waals surface area contributed by atoms with Gasteiger partial charge in [-0.1, -0.05) is 22.9 Å². The summed E-state index contributed by atoms with van der Waals surface area (Å²) >= 11 is 6.96. The molecule has 1 amide bonds. The van der Waals surface area contributed by atoms with Crippen LogP contribution in [0, 0.1) is 5.82 Å². The number of fused-ring (bicyclic) bond motifs is 1. The van der Waals surface area contributed by atoms with Crippen LogP contribution in [-0.2, 0) is 14.6 Å². The summed E-state index contributed by atoms with van der Waals surface area (Å²) in [6.45, 7) is 0.765.